The quantitative estimate of drug-likeness (QED) is 0.746. The first-order valence-corrected chi connectivity index (χ1v) is 7.70. The van der Waals surface area contributed by atoms with Crippen LogP contribution >= 0.6 is 0 Å². The lowest BCUT2D eigenvalue weighted by Gasteiger charge is -2.14. The zero-order valence-corrected chi connectivity index (χ0v) is 13.2. The SMILES string of the molecule is CC(C(=O)NOC(=O)c1ccccc1)c1cccc2ccccc12. The first-order valence-electron chi connectivity index (χ1n) is 7.70. The van der Waals surface area contributed by atoms with Gasteiger partial charge in [-0.1, -0.05) is 60.7 Å². The molecule has 1 N–H and O–H groups in total. The zero-order valence-electron chi connectivity index (χ0n) is 13.2. The second-order valence-corrected chi connectivity index (χ2v) is 5.51. The molecule has 0 bridgehead atoms. The number of nitrogens with one attached hydrogen (secondary N) is 1. The number of hydroxylamine groups is 1. The van der Waals surface area contributed by atoms with Gasteiger partial charge in [0, 0.05) is 0 Å². The summed E-state index contributed by atoms with van der Waals surface area (Å²) in [4.78, 5) is 29.1. The van der Waals surface area contributed by atoms with Gasteiger partial charge in [-0.15, -0.1) is 0 Å². The third kappa shape index (κ3) is 3.27. The second-order valence-electron chi connectivity index (χ2n) is 5.51. The van der Waals surface area contributed by atoms with Crippen molar-refractivity contribution in [2.24, 2.45) is 0 Å². The second kappa shape index (κ2) is 6.96. The first-order chi connectivity index (χ1) is 11.7. The first kappa shape index (κ1) is 15.7. The number of hydrogen-bond donors (Lipinski definition) is 1. The topological polar surface area (TPSA) is 55.4 Å². The Hall–Kier alpha value is -3.14. The van der Waals surface area contributed by atoms with Crippen molar-refractivity contribution >= 4 is 22.6 Å². The normalized spacial score (nSPS) is 11.7. The van der Waals surface area contributed by atoms with Gasteiger partial charge >= 0.3 is 5.97 Å². The summed E-state index contributed by atoms with van der Waals surface area (Å²) in [6, 6.07) is 22.2. The summed E-state index contributed by atoms with van der Waals surface area (Å²) in [5, 5.41) is 2.08. The molecule has 1 atom stereocenters. The van der Waals surface area contributed by atoms with Gasteiger partial charge in [0.2, 0.25) is 0 Å². The van der Waals surface area contributed by atoms with Crippen LogP contribution < -0.4 is 5.48 Å². The van der Waals surface area contributed by atoms with E-state index in [1.54, 1.807) is 37.3 Å². The fourth-order valence-electron chi connectivity index (χ4n) is 2.59. The van der Waals surface area contributed by atoms with Gasteiger partial charge < -0.3 is 4.84 Å². The van der Waals surface area contributed by atoms with Gasteiger partial charge in [0.05, 0.1) is 11.5 Å². The fraction of sp³-hybridized carbons (Fsp3) is 0.100. The van der Waals surface area contributed by atoms with Gasteiger partial charge in [-0.05, 0) is 35.4 Å². The Bertz CT molecular complexity index is 869. The maximum atomic E-state index is 12.3. The zero-order chi connectivity index (χ0) is 16.9. The molecule has 0 aliphatic heterocycles. The molecule has 0 aliphatic rings. The van der Waals surface area contributed by atoms with E-state index in [9.17, 15) is 9.59 Å². The van der Waals surface area contributed by atoms with E-state index in [0.717, 1.165) is 16.3 Å². The van der Waals surface area contributed by atoms with Crippen molar-refractivity contribution < 1.29 is 14.4 Å². The van der Waals surface area contributed by atoms with E-state index < -0.39 is 11.9 Å². The molecule has 0 fully saturated rings. The van der Waals surface area contributed by atoms with Crippen molar-refractivity contribution in [1.29, 1.82) is 0 Å². The summed E-state index contributed by atoms with van der Waals surface area (Å²) >= 11 is 0. The van der Waals surface area contributed by atoms with Gasteiger partial charge in [0.15, 0.2) is 0 Å². The van der Waals surface area contributed by atoms with Crippen LogP contribution in [-0.2, 0) is 9.63 Å². The van der Waals surface area contributed by atoms with E-state index in [1.807, 2.05) is 42.5 Å². The number of fused-ring (bicyclic) bond motifs is 1. The van der Waals surface area contributed by atoms with Crippen LogP contribution in [0.1, 0.15) is 28.8 Å². The smallest absolute Gasteiger partial charge is 0.335 e. The molecule has 1 unspecified atom stereocenters. The molecule has 0 saturated carbocycles. The van der Waals surface area contributed by atoms with E-state index in [-0.39, 0.29) is 5.91 Å². The highest BCUT2D eigenvalue weighted by Gasteiger charge is 2.19. The van der Waals surface area contributed by atoms with Crippen molar-refractivity contribution in [2.45, 2.75) is 12.8 Å². The van der Waals surface area contributed by atoms with Gasteiger partial charge in [0.25, 0.3) is 5.91 Å². The van der Waals surface area contributed by atoms with Gasteiger partial charge in [-0.3, -0.25) is 4.79 Å². The summed E-state index contributed by atoms with van der Waals surface area (Å²) in [5.41, 5.74) is 3.53. The summed E-state index contributed by atoms with van der Waals surface area (Å²) < 4.78 is 0. The minimum Gasteiger partial charge on any atom is -0.335 e. The van der Waals surface area contributed by atoms with Crippen LogP contribution in [0.2, 0.25) is 0 Å². The average Bonchev–Trinajstić information content (AvgIpc) is 2.65. The van der Waals surface area contributed by atoms with Crippen molar-refractivity contribution in [1.82, 2.24) is 5.48 Å². The third-order valence-corrected chi connectivity index (χ3v) is 3.94. The van der Waals surface area contributed by atoms with Crippen molar-refractivity contribution in [3.8, 4) is 0 Å². The minimum absolute atomic E-state index is 0.365. The highest BCUT2D eigenvalue weighted by atomic mass is 16.7. The van der Waals surface area contributed by atoms with E-state index >= 15 is 0 Å². The Morgan fingerprint density at radius 1 is 0.875 bits per heavy atom. The van der Waals surface area contributed by atoms with Crippen LogP contribution in [0.5, 0.6) is 0 Å². The Morgan fingerprint density at radius 3 is 2.33 bits per heavy atom. The predicted molar refractivity (Wildman–Crippen MR) is 92.4 cm³/mol. The Balaban J connectivity index is 1.72. The Morgan fingerprint density at radius 2 is 1.54 bits per heavy atom. The van der Waals surface area contributed by atoms with Crippen LogP contribution in [0, 0.1) is 0 Å². The molecule has 4 nitrogen and oxygen atoms in total. The number of amides is 1. The number of carbonyl (C=O) groups excluding carboxylic acids is 2. The maximum absolute atomic E-state index is 12.3. The molecule has 3 aromatic carbocycles. The third-order valence-electron chi connectivity index (χ3n) is 3.94. The van der Waals surface area contributed by atoms with Crippen molar-refractivity contribution in [3.05, 3.63) is 83.9 Å². The van der Waals surface area contributed by atoms with Crippen LogP contribution in [0.25, 0.3) is 10.8 Å². The molecule has 3 aromatic rings. The highest BCUT2D eigenvalue weighted by molar-refractivity contribution is 5.94. The number of benzene rings is 3. The lowest BCUT2D eigenvalue weighted by Crippen LogP contribution is -2.30. The Kier molecular flexibility index (Phi) is 4.57. The summed E-state index contributed by atoms with van der Waals surface area (Å²) in [5.74, 6) is -1.40. The molecular weight excluding hydrogens is 302 g/mol. The van der Waals surface area contributed by atoms with Crippen LogP contribution in [0.15, 0.2) is 72.8 Å². The monoisotopic (exact) mass is 319 g/mol. The largest absolute Gasteiger partial charge is 0.362 e. The molecule has 120 valence electrons. The fourth-order valence-corrected chi connectivity index (χ4v) is 2.59. The lowest BCUT2D eigenvalue weighted by atomic mass is 9.94. The molecule has 24 heavy (non-hydrogen) atoms. The summed E-state index contributed by atoms with van der Waals surface area (Å²) in [6.45, 7) is 1.79. The molecule has 1 amide bonds. The predicted octanol–water partition coefficient (Wildman–Crippen LogP) is 3.83. The maximum Gasteiger partial charge on any atom is 0.362 e. The van der Waals surface area contributed by atoms with E-state index in [0.29, 0.717) is 5.56 Å². The Labute approximate surface area is 140 Å². The molecule has 3 rings (SSSR count). The van der Waals surface area contributed by atoms with E-state index in [4.69, 9.17) is 4.84 Å². The molecule has 4 heteroatoms. The van der Waals surface area contributed by atoms with Gasteiger partial charge in [-0.25, -0.2) is 4.79 Å². The highest BCUT2D eigenvalue weighted by Crippen LogP contribution is 2.25. The number of rotatable bonds is 3. The van der Waals surface area contributed by atoms with E-state index in [1.165, 1.54) is 0 Å². The number of hydrogen-bond acceptors (Lipinski definition) is 3. The molecule has 0 radical (unpaired) electrons. The molecule has 0 saturated heterocycles. The van der Waals surface area contributed by atoms with Crippen molar-refractivity contribution in [2.75, 3.05) is 0 Å². The van der Waals surface area contributed by atoms with Gasteiger partial charge in [-0.2, -0.15) is 5.48 Å². The average molecular weight is 319 g/mol. The molecule has 0 aromatic heterocycles. The van der Waals surface area contributed by atoms with E-state index in [2.05, 4.69) is 5.48 Å². The van der Waals surface area contributed by atoms with Crippen molar-refractivity contribution in [3.63, 3.8) is 0 Å². The van der Waals surface area contributed by atoms with Crippen LogP contribution in [0.3, 0.4) is 0 Å². The van der Waals surface area contributed by atoms with Gasteiger partial charge in [0.1, 0.15) is 0 Å². The van der Waals surface area contributed by atoms with Crippen LogP contribution in [0.4, 0.5) is 0 Å². The molecule has 0 heterocycles. The standard InChI is InChI=1S/C20H17NO3/c1-14(17-13-7-11-15-8-5-6-12-18(15)17)19(22)21-24-20(23)16-9-3-2-4-10-16/h2-14H,1H3,(H,21,22). The summed E-state index contributed by atoms with van der Waals surface area (Å²) in [6.07, 6.45) is 0. The minimum atomic E-state index is -0.589. The number of carbonyl (C=O) groups is 2. The molecule has 0 spiro atoms. The molecular formula is C20H17NO3. The van der Waals surface area contributed by atoms with Crippen LogP contribution in [-0.4, -0.2) is 11.9 Å². The lowest BCUT2D eigenvalue weighted by molar-refractivity contribution is -0.131. The molecule has 0 aliphatic carbocycles. The summed E-state index contributed by atoms with van der Waals surface area (Å²) in [7, 11) is 0.